The van der Waals surface area contributed by atoms with Gasteiger partial charge in [0.25, 0.3) is 5.91 Å². The molecule has 1 saturated heterocycles. The monoisotopic (exact) mass is 282 g/mol. The van der Waals surface area contributed by atoms with Gasteiger partial charge in [0.05, 0.1) is 0 Å². The molecular weight excluding hydrogens is 260 g/mol. The van der Waals surface area contributed by atoms with Crippen molar-refractivity contribution >= 4 is 17.2 Å². The number of nitrogens with one attached hydrogen (secondary N) is 1. The lowest BCUT2D eigenvalue weighted by Crippen LogP contribution is -2.44. The van der Waals surface area contributed by atoms with E-state index >= 15 is 0 Å². The molecule has 1 aliphatic rings. The van der Waals surface area contributed by atoms with Crippen molar-refractivity contribution in [1.29, 1.82) is 0 Å². The molecule has 106 valence electrons. The van der Waals surface area contributed by atoms with E-state index in [4.69, 9.17) is 5.73 Å². The third-order valence-corrected chi connectivity index (χ3v) is 4.40. The van der Waals surface area contributed by atoms with E-state index in [-0.39, 0.29) is 5.91 Å². The molecule has 0 spiro atoms. The highest BCUT2D eigenvalue weighted by molar-refractivity contribution is 7.09. The molecule has 2 rings (SSSR count). The third kappa shape index (κ3) is 3.99. The van der Waals surface area contributed by atoms with Gasteiger partial charge in [0.15, 0.2) is 0 Å². The van der Waals surface area contributed by atoms with E-state index < -0.39 is 0 Å². The second-order valence-electron chi connectivity index (χ2n) is 4.99. The maximum absolute atomic E-state index is 11.9. The molecule has 0 radical (unpaired) electrons. The number of hydrogen-bond donors (Lipinski definition) is 2. The minimum absolute atomic E-state index is 0.0974. The van der Waals surface area contributed by atoms with Crippen LogP contribution in [0.1, 0.15) is 41.7 Å². The number of thiazole rings is 1. The fraction of sp³-hybridized carbons (Fsp3) is 0.692. The zero-order valence-electron chi connectivity index (χ0n) is 11.4. The zero-order valence-corrected chi connectivity index (χ0v) is 12.2. The van der Waals surface area contributed by atoms with Crippen LogP contribution >= 0.6 is 11.3 Å². The van der Waals surface area contributed by atoms with Crippen molar-refractivity contribution in [3.63, 3.8) is 0 Å². The summed E-state index contributed by atoms with van der Waals surface area (Å²) in [5.74, 6) is -0.0974. The van der Waals surface area contributed by atoms with Crippen LogP contribution in [0.4, 0.5) is 0 Å². The van der Waals surface area contributed by atoms with Gasteiger partial charge >= 0.3 is 0 Å². The van der Waals surface area contributed by atoms with Crippen molar-refractivity contribution < 1.29 is 4.79 Å². The van der Waals surface area contributed by atoms with Crippen LogP contribution in [0.15, 0.2) is 5.38 Å². The van der Waals surface area contributed by atoms with E-state index in [0.717, 1.165) is 18.1 Å². The molecule has 1 aromatic heterocycles. The Kier molecular flexibility index (Phi) is 5.30. The van der Waals surface area contributed by atoms with Crippen molar-refractivity contribution in [3.8, 4) is 0 Å². The molecule has 1 aliphatic heterocycles. The largest absolute Gasteiger partial charge is 0.349 e. The Bertz CT molecular complexity index is 415. The fourth-order valence-corrected chi connectivity index (χ4v) is 2.98. The molecule has 0 aromatic carbocycles. The van der Waals surface area contributed by atoms with Crippen molar-refractivity contribution in [2.24, 2.45) is 5.73 Å². The third-order valence-electron chi connectivity index (χ3n) is 3.53. The number of likely N-dealkylation sites (tertiary alicyclic amines) is 1. The number of rotatable bonds is 5. The highest BCUT2D eigenvalue weighted by atomic mass is 32.1. The van der Waals surface area contributed by atoms with Crippen molar-refractivity contribution in [2.75, 3.05) is 19.6 Å². The normalized spacial score (nSPS) is 18.2. The summed E-state index contributed by atoms with van der Waals surface area (Å²) in [5.41, 5.74) is 5.98. The molecule has 1 unspecified atom stereocenters. The van der Waals surface area contributed by atoms with Crippen LogP contribution in [-0.4, -0.2) is 41.5 Å². The van der Waals surface area contributed by atoms with Crippen molar-refractivity contribution in [1.82, 2.24) is 15.2 Å². The minimum atomic E-state index is -0.0974. The smallest absolute Gasteiger partial charge is 0.270 e. The van der Waals surface area contributed by atoms with E-state index in [1.807, 2.05) is 0 Å². The maximum atomic E-state index is 11.9. The van der Waals surface area contributed by atoms with Crippen LogP contribution in [0, 0.1) is 0 Å². The van der Waals surface area contributed by atoms with Crippen LogP contribution < -0.4 is 11.1 Å². The molecule has 19 heavy (non-hydrogen) atoms. The van der Waals surface area contributed by atoms with Crippen LogP contribution in [0.2, 0.25) is 0 Å². The summed E-state index contributed by atoms with van der Waals surface area (Å²) in [7, 11) is 0. The summed E-state index contributed by atoms with van der Waals surface area (Å²) in [5, 5.41) is 5.52. The topological polar surface area (TPSA) is 71.2 Å². The molecule has 2 heterocycles. The van der Waals surface area contributed by atoms with Gasteiger partial charge < -0.3 is 11.1 Å². The number of piperidine rings is 1. The fourth-order valence-electron chi connectivity index (χ4n) is 2.33. The first kappa shape index (κ1) is 14.4. The SMILES string of the molecule is CC(CNC(=O)c1csc(CN)n1)N1CCCCC1. The van der Waals surface area contributed by atoms with E-state index in [1.165, 1.54) is 30.6 Å². The second kappa shape index (κ2) is 6.98. The van der Waals surface area contributed by atoms with Gasteiger partial charge in [-0.05, 0) is 32.9 Å². The standard InChI is InChI=1S/C13H22N4OS/c1-10(17-5-3-2-4-6-17)8-15-13(18)11-9-19-12(7-14)16-11/h9-10H,2-8,14H2,1H3,(H,15,18). The number of aromatic nitrogens is 1. The van der Waals surface area contributed by atoms with E-state index in [0.29, 0.717) is 24.8 Å². The number of carbonyl (C=O) groups is 1. The Morgan fingerprint density at radius 1 is 1.53 bits per heavy atom. The second-order valence-corrected chi connectivity index (χ2v) is 5.93. The van der Waals surface area contributed by atoms with Gasteiger partial charge in [-0.15, -0.1) is 11.3 Å². The number of carbonyl (C=O) groups excluding carboxylic acids is 1. The molecule has 0 aliphatic carbocycles. The molecule has 6 heteroatoms. The van der Waals surface area contributed by atoms with Gasteiger partial charge in [-0.3, -0.25) is 9.69 Å². The lowest BCUT2D eigenvalue weighted by molar-refractivity contribution is 0.0925. The van der Waals surface area contributed by atoms with Gasteiger partial charge in [0, 0.05) is 24.5 Å². The summed E-state index contributed by atoms with van der Waals surface area (Å²) < 4.78 is 0. The summed E-state index contributed by atoms with van der Waals surface area (Å²) in [6.45, 7) is 5.52. The lowest BCUT2D eigenvalue weighted by Gasteiger charge is -2.32. The predicted molar refractivity (Wildman–Crippen MR) is 77.2 cm³/mol. The molecule has 1 amide bonds. The van der Waals surface area contributed by atoms with E-state index in [2.05, 4.69) is 22.1 Å². The van der Waals surface area contributed by atoms with Crippen LogP contribution in [-0.2, 0) is 6.54 Å². The van der Waals surface area contributed by atoms with Crippen LogP contribution in [0.5, 0.6) is 0 Å². The van der Waals surface area contributed by atoms with Gasteiger partial charge in [-0.25, -0.2) is 4.98 Å². The lowest BCUT2D eigenvalue weighted by atomic mass is 10.1. The number of nitrogens with two attached hydrogens (primary N) is 1. The van der Waals surface area contributed by atoms with Gasteiger partial charge in [0.1, 0.15) is 10.7 Å². The molecule has 3 N–H and O–H groups in total. The van der Waals surface area contributed by atoms with E-state index in [9.17, 15) is 4.79 Å². The Balaban J connectivity index is 1.79. The first-order valence-corrected chi connectivity index (χ1v) is 7.75. The Morgan fingerprint density at radius 3 is 2.89 bits per heavy atom. The summed E-state index contributed by atoms with van der Waals surface area (Å²) in [4.78, 5) is 18.6. The highest BCUT2D eigenvalue weighted by Crippen LogP contribution is 2.12. The summed E-state index contributed by atoms with van der Waals surface area (Å²) >= 11 is 1.43. The predicted octanol–water partition coefficient (Wildman–Crippen LogP) is 1.21. The quantitative estimate of drug-likeness (QED) is 0.851. The van der Waals surface area contributed by atoms with Gasteiger partial charge in [-0.1, -0.05) is 6.42 Å². The minimum Gasteiger partial charge on any atom is -0.349 e. The highest BCUT2D eigenvalue weighted by Gasteiger charge is 2.18. The van der Waals surface area contributed by atoms with Crippen LogP contribution in [0.3, 0.4) is 0 Å². The molecule has 1 fully saturated rings. The zero-order chi connectivity index (χ0) is 13.7. The van der Waals surface area contributed by atoms with Gasteiger partial charge in [0.2, 0.25) is 0 Å². The summed E-state index contributed by atoms with van der Waals surface area (Å²) in [6.07, 6.45) is 3.87. The first-order valence-electron chi connectivity index (χ1n) is 6.87. The molecule has 0 bridgehead atoms. The molecule has 1 atom stereocenters. The number of hydrogen-bond acceptors (Lipinski definition) is 5. The Morgan fingerprint density at radius 2 is 2.26 bits per heavy atom. The molecule has 1 aromatic rings. The average molecular weight is 282 g/mol. The summed E-state index contributed by atoms with van der Waals surface area (Å²) in [6, 6.07) is 0.386. The number of nitrogens with zero attached hydrogens (tertiary/aromatic N) is 2. The van der Waals surface area contributed by atoms with Crippen LogP contribution in [0.25, 0.3) is 0 Å². The van der Waals surface area contributed by atoms with Crippen molar-refractivity contribution in [3.05, 3.63) is 16.1 Å². The Hall–Kier alpha value is -0.980. The van der Waals surface area contributed by atoms with E-state index in [1.54, 1.807) is 5.38 Å². The first-order chi connectivity index (χ1) is 9.20. The number of amides is 1. The average Bonchev–Trinajstić information content (AvgIpc) is 2.94. The molecular formula is C13H22N4OS. The maximum Gasteiger partial charge on any atom is 0.270 e. The molecule has 5 nitrogen and oxygen atoms in total. The molecule has 0 saturated carbocycles. The van der Waals surface area contributed by atoms with Gasteiger partial charge in [-0.2, -0.15) is 0 Å². The van der Waals surface area contributed by atoms with Crippen molar-refractivity contribution in [2.45, 2.75) is 38.8 Å². The Labute approximate surface area is 118 Å².